The second-order valence-corrected chi connectivity index (χ2v) is 6.11. The van der Waals surface area contributed by atoms with Gasteiger partial charge in [-0.1, -0.05) is 11.2 Å². The normalized spacial score (nSPS) is 13.9. The molecular weight excluding hydrogens is 348 g/mol. The third-order valence-electron chi connectivity index (χ3n) is 4.17. The number of rotatable bonds is 4. The molecule has 8 heteroatoms. The highest BCUT2D eigenvalue weighted by molar-refractivity contribution is 5.95. The summed E-state index contributed by atoms with van der Waals surface area (Å²) in [6, 6.07) is 10.2. The number of hydrogen-bond donors (Lipinski definition) is 2. The van der Waals surface area contributed by atoms with Gasteiger partial charge in [0.2, 0.25) is 0 Å². The van der Waals surface area contributed by atoms with E-state index in [9.17, 15) is 9.59 Å². The van der Waals surface area contributed by atoms with Crippen LogP contribution in [0.5, 0.6) is 5.75 Å². The Hall–Kier alpha value is -3.68. The molecular formula is C19H16N4O4. The van der Waals surface area contributed by atoms with Gasteiger partial charge in [-0.25, -0.2) is 0 Å². The van der Waals surface area contributed by atoms with Gasteiger partial charge >= 0.3 is 0 Å². The maximum atomic E-state index is 12.5. The molecule has 0 saturated heterocycles. The van der Waals surface area contributed by atoms with Crippen LogP contribution in [0.3, 0.4) is 0 Å². The van der Waals surface area contributed by atoms with Crippen LogP contribution in [0.25, 0.3) is 11.3 Å². The molecule has 2 N–H and O–H groups in total. The lowest BCUT2D eigenvalue weighted by molar-refractivity contribution is -0.118. The third-order valence-corrected chi connectivity index (χ3v) is 4.17. The van der Waals surface area contributed by atoms with E-state index in [1.165, 1.54) is 0 Å². The lowest BCUT2D eigenvalue weighted by Gasteiger charge is -2.20. The number of carbonyl (C=O) groups excluding carboxylic acids is 2. The van der Waals surface area contributed by atoms with E-state index < -0.39 is 0 Å². The molecule has 0 unspecified atom stereocenters. The number of fused-ring (bicyclic) bond motifs is 1. The van der Waals surface area contributed by atoms with Gasteiger partial charge in [0.1, 0.15) is 5.75 Å². The topological polar surface area (TPSA) is 106 Å². The largest absolute Gasteiger partial charge is 0.482 e. The zero-order valence-electron chi connectivity index (χ0n) is 14.4. The predicted molar refractivity (Wildman–Crippen MR) is 96.2 cm³/mol. The Morgan fingerprint density at radius 2 is 2.19 bits per heavy atom. The van der Waals surface area contributed by atoms with Crippen LogP contribution in [0.15, 0.2) is 53.3 Å². The molecule has 1 aromatic carbocycles. The van der Waals surface area contributed by atoms with E-state index >= 15 is 0 Å². The van der Waals surface area contributed by atoms with Crippen molar-refractivity contribution in [2.75, 3.05) is 11.9 Å². The number of amides is 2. The second-order valence-electron chi connectivity index (χ2n) is 6.11. The number of benzene rings is 1. The molecule has 4 rings (SSSR count). The van der Waals surface area contributed by atoms with Crippen LogP contribution >= 0.6 is 0 Å². The summed E-state index contributed by atoms with van der Waals surface area (Å²) in [6.07, 6.45) is 3.29. The minimum atomic E-state index is -0.362. The first kappa shape index (κ1) is 16.8. The summed E-state index contributed by atoms with van der Waals surface area (Å²) in [5.74, 6) is 0.505. The number of nitrogens with zero attached hydrogens (tertiary/aromatic N) is 2. The minimum Gasteiger partial charge on any atom is -0.482 e. The van der Waals surface area contributed by atoms with Crippen molar-refractivity contribution in [3.63, 3.8) is 0 Å². The van der Waals surface area contributed by atoms with Crippen LogP contribution in [0.4, 0.5) is 5.69 Å². The van der Waals surface area contributed by atoms with Crippen molar-refractivity contribution in [3.05, 3.63) is 60.0 Å². The zero-order valence-corrected chi connectivity index (χ0v) is 14.4. The molecule has 0 radical (unpaired) electrons. The number of carbonyl (C=O) groups is 2. The smallest absolute Gasteiger partial charge is 0.273 e. The monoisotopic (exact) mass is 364 g/mol. The fourth-order valence-corrected chi connectivity index (χ4v) is 2.75. The number of aromatic nitrogens is 2. The molecule has 1 atom stereocenters. The summed E-state index contributed by atoms with van der Waals surface area (Å²) in [4.78, 5) is 27.9. The molecule has 1 aliphatic heterocycles. The highest BCUT2D eigenvalue weighted by Crippen LogP contribution is 2.30. The summed E-state index contributed by atoms with van der Waals surface area (Å²) >= 11 is 0. The van der Waals surface area contributed by atoms with Crippen LogP contribution in [-0.2, 0) is 4.79 Å². The van der Waals surface area contributed by atoms with Crippen molar-refractivity contribution in [1.82, 2.24) is 15.5 Å². The Morgan fingerprint density at radius 1 is 1.30 bits per heavy atom. The summed E-state index contributed by atoms with van der Waals surface area (Å²) in [5.41, 5.74) is 2.33. The molecule has 2 amide bonds. The van der Waals surface area contributed by atoms with Gasteiger partial charge in [-0.2, -0.15) is 0 Å². The molecule has 3 heterocycles. The van der Waals surface area contributed by atoms with Crippen molar-refractivity contribution < 1.29 is 18.8 Å². The lowest BCUT2D eigenvalue weighted by Crippen LogP contribution is -2.28. The Kier molecular flexibility index (Phi) is 4.29. The molecule has 2 aromatic heterocycles. The Balaban J connectivity index is 1.48. The van der Waals surface area contributed by atoms with Crippen molar-refractivity contribution in [2.45, 2.75) is 13.0 Å². The number of nitrogens with one attached hydrogen (secondary N) is 2. The molecule has 0 saturated carbocycles. The molecule has 136 valence electrons. The average molecular weight is 364 g/mol. The maximum absolute atomic E-state index is 12.5. The van der Waals surface area contributed by atoms with E-state index in [4.69, 9.17) is 9.26 Å². The van der Waals surface area contributed by atoms with E-state index in [1.807, 2.05) is 19.1 Å². The maximum Gasteiger partial charge on any atom is 0.273 e. The highest BCUT2D eigenvalue weighted by Gasteiger charge is 2.20. The van der Waals surface area contributed by atoms with Gasteiger partial charge in [-0.15, -0.1) is 0 Å². The van der Waals surface area contributed by atoms with Gasteiger partial charge in [0.25, 0.3) is 11.8 Å². The van der Waals surface area contributed by atoms with Crippen molar-refractivity contribution >= 4 is 17.5 Å². The number of anilines is 1. The Bertz CT molecular complexity index is 1000. The summed E-state index contributed by atoms with van der Waals surface area (Å²) in [6.45, 7) is 1.84. The van der Waals surface area contributed by atoms with Crippen molar-refractivity contribution in [2.24, 2.45) is 0 Å². The minimum absolute atomic E-state index is 0.00403. The standard InChI is InChI=1S/C19H16N4O4/c1-11(12-4-5-16-14(7-12)22-18(24)10-26-16)21-19(25)15-8-17(27-23-15)13-3-2-6-20-9-13/h2-9,11H,10H2,1H3,(H,21,25)(H,22,24)/t11-/m1/s1. The van der Waals surface area contributed by atoms with Gasteiger partial charge in [-0.05, 0) is 36.8 Å². The molecule has 0 spiro atoms. The molecule has 0 aliphatic carbocycles. The second kappa shape index (κ2) is 6.91. The average Bonchev–Trinajstić information content (AvgIpc) is 3.18. The predicted octanol–water partition coefficient (Wildman–Crippen LogP) is 2.56. The quantitative estimate of drug-likeness (QED) is 0.737. The molecule has 27 heavy (non-hydrogen) atoms. The van der Waals surface area contributed by atoms with Crippen LogP contribution in [0.2, 0.25) is 0 Å². The first-order valence-electron chi connectivity index (χ1n) is 8.35. The van der Waals surface area contributed by atoms with Crippen LogP contribution in [-0.4, -0.2) is 28.6 Å². The van der Waals surface area contributed by atoms with E-state index in [2.05, 4.69) is 20.8 Å². The van der Waals surface area contributed by atoms with E-state index in [1.54, 1.807) is 36.7 Å². The molecule has 1 aliphatic rings. The first-order chi connectivity index (χ1) is 13.1. The molecule has 0 fully saturated rings. The van der Waals surface area contributed by atoms with Gasteiger partial charge < -0.3 is 19.9 Å². The third kappa shape index (κ3) is 3.50. The summed E-state index contributed by atoms with van der Waals surface area (Å²) in [7, 11) is 0. The molecule has 3 aromatic rings. The Morgan fingerprint density at radius 3 is 3.00 bits per heavy atom. The van der Waals surface area contributed by atoms with Crippen molar-refractivity contribution in [3.8, 4) is 17.1 Å². The van der Waals surface area contributed by atoms with Crippen molar-refractivity contribution in [1.29, 1.82) is 0 Å². The van der Waals surface area contributed by atoms with Gasteiger partial charge in [-0.3, -0.25) is 14.6 Å². The van der Waals surface area contributed by atoms with Crippen LogP contribution in [0.1, 0.15) is 29.0 Å². The van der Waals surface area contributed by atoms with Gasteiger partial charge in [0, 0.05) is 24.0 Å². The number of ether oxygens (including phenoxy) is 1. The number of pyridine rings is 1. The lowest BCUT2D eigenvalue weighted by atomic mass is 10.1. The van der Waals surface area contributed by atoms with Gasteiger partial charge in [0.15, 0.2) is 18.1 Å². The van der Waals surface area contributed by atoms with Gasteiger partial charge in [0.05, 0.1) is 11.7 Å². The van der Waals surface area contributed by atoms with E-state index in [0.29, 0.717) is 17.2 Å². The molecule has 8 nitrogen and oxygen atoms in total. The zero-order chi connectivity index (χ0) is 18.8. The summed E-state index contributed by atoms with van der Waals surface area (Å²) in [5, 5.41) is 9.44. The highest BCUT2D eigenvalue weighted by atomic mass is 16.5. The molecule has 0 bridgehead atoms. The van der Waals surface area contributed by atoms with E-state index in [0.717, 1.165) is 11.1 Å². The van der Waals surface area contributed by atoms with Crippen LogP contribution < -0.4 is 15.4 Å². The number of hydrogen-bond acceptors (Lipinski definition) is 6. The van der Waals surface area contributed by atoms with E-state index in [-0.39, 0.29) is 30.2 Å². The van der Waals surface area contributed by atoms with Crippen LogP contribution in [0, 0.1) is 0 Å². The Labute approximate surface area is 154 Å². The first-order valence-corrected chi connectivity index (χ1v) is 8.35. The summed E-state index contributed by atoms with van der Waals surface area (Å²) < 4.78 is 10.6. The SMILES string of the molecule is C[C@@H](NC(=O)c1cc(-c2cccnc2)on1)c1ccc2c(c1)NC(=O)CO2. The fraction of sp³-hybridized carbons (Fsp3) is 0.158. The fourth-order valence-electron chi connectivity index (χ4n) is 2.75.